The third-order valence-electron chi connectivity index (χ3n) is 5.23. The molecule has 2 aliphatic rings. The Morgan fingerprint density at radius 1 is 1.12 bits per heavy atom. The van der Waals surface area contributed by atoms with E-state index in [0.29, 0.717) is 11.6 Å². The van der Waals surface area contributed by atoms with Gasteiger partial charge in [0, 0.05) is 57.5 Å². The largest absolute Gasteiger partial charge is 0.465 e. The molecule has 3 rings (SSSR count). The number of piperazine rings is 1. The van der Waals surface area contributed by atoms with Crippen molar-refractivity contribution in [2.24, 2.45) is 0 Å². The van der Waals surface area contributed by atoms with Gasteiger partial charge in [0.05, 0.1) is 25.9 Å². The molecule has 2 aliphatic heterocycles. The molecule has 25 heavy (non-hydrogen) atoms. The maximum absolute atomic E-state index is 11.5. The van der Waals surface area contributed by atoms with Crippen LogP contribution in [-0.2, 0) is 9.47 Å². The zero-order valence-corrected chi connectivity index (χ0v) is 15.3. The summed E-state index contributed by atoms with van der Waals surface area (Å²) in [5.74, 6) is -0.284. The summed E-state index contributed by atoms with van der Waals surface area (Å²) < 4.78 is 10.2. The SMILES string of the molecule is COC(=O)c1ccc(N2CCN(CCN3CCOCC3)[C@@H](C)C2)cc1. The van der Waals surface area contributed by atoms with E-state index < -0.39 is 0 Å². The summed E-state index contributed by atoms with van der Waals surface area (Å²) in [6.07, 6.45) is 0. The molecule has 0 amide bonds. The molecular formula is C19H29N3O3. The predicted octanol–water partition coefficient (Wildman–Crippen LogP) is 1.32. The number of nitrogens with zero attached hydrogens (tertiary/aromatic N) is 3. The highest BCUT2D eigenvalue weighted by Crippen LogP contribution is 2.20. The van der Waals surface area contributed by atoms with Gasteiger partial charge in [-0.15, -0.1) is 0 Å². The molecule has 0 radical (unpaired) electrons. The quantitative estimate of drug-likeness (QED) is 0.749. The summed E-state index contributed by atoms with van der Waals surface area (Å²) in [6, 6.07) is 8.24. The highest BCUT2D eigenvalue weighted by Gasteiger charge is 2.24. The van der Waals surface area contributed by atoms with E-state index in [1.165, 1.54) is 12.8 Å². The van der Waals surface area contributed by atoms with Gasteiger partial charge in [-0.05, 0) is 31.2 Å². The van der Waals surface area contributed by atoms with Crippen LogP contribution in [0.4, 0.5) is 5.69 Å². The van der Waals surface area contributed by atoms with Gasteiger partial charge in [0.1, 0.15) is 0 Å². The van der Waals surface area contributed by atoms with Gasteiger partial charge in [0.15, 0.2) is 0 Å². The fourth-order valence-electron chi connectivity index (χ4n) is 3.58. The molecule has 0 bridgehead atoms. The number of anilines is 1. The standard InChI is InChI=1S/C19H29N3O3/c1-16-15-22(18-5-3-17(4-6-18)19(23)24-2)10-9-21(16)8-7-20-11-13-25-14-12-20/h3-6,16H,7-15H2,1-2H3/t16-/m0/s1. The van der Waals surface area contributed by atoms with Gasteiger partial charge in [0.25, 0.3) is 0 Å². The first-order valence-electron chi connectivity index (χ1n) is 9.15. The van der Waals surface area contributed by atoms with E-state index in [4.69, 9.17) is 9.47 Å². The summed E-state index contributed by atoms with van der Waals surface area (Å²) >= 11 is 0. The van der Waals surface area contributed by atoms with E-state index in [0.717, 1.165) is 59.0 Å². The molecule has 1 aromatic rings. The summed E-state index contributed by atoms with van der Waals surface area (Å²) in [6.45, 7) is 11.5. The number of rotatable bonds is 5. The highest BCUT2D eigenvalue weighted by atomic mass is 16.5. The predicted molar refractivity (Wildman–Crippen MR) is 98.3 cm³/mol. The Morgan fingerprint density at radius 3 is 2.48 bits per heavy atom. The second-order valence-corrected chi connectivity index (χ2v) is 6.82. The molecule has 2 heterocycles. The normalized spacial score (nSPS) is 22.8. The Balaban J connectivity index is 1.49. The van der Waals surface area contributed by atoms with Crippen LogP contribution >= 0.6 is 0 Å². The Bertz CT molecular complexity index is 558. The topological polar surface area (TPSA) is 45.2 Å². The van der Waals surface area contributed by atoms with E-state index in [1.807, 2.05) is 24.3 Å². The second-order valence-electron chi connectivity index (χ2n) is 6.82. The van der Waals surface area contributed by atoms with Crippen molar-refractivity contribution in [1.82, 2.24) is 9.80 Å². The number of hydrogen-bond acceptors (Lipinski definition) is 6. The van der Waals surface area contributed by atoms with Crippen LogP contribution in [0.1, 0.15) is 17.3 Å². The number of carbonyl (C=O) groups excluding carboxylic acids is 1. The average Bonchev–Trinajstić information content (AvgIpc) is 2.67. The summed E-state index contributed by atoms with van der Waals surface area (Å²) in [4.78, 5) is 19.0. The minimum absolute atomic E-state index is 0.284. The van der Waals surface area contributed by atoms with Gasteiger partial charge in [-0.25, -0.2) is 4.79 Å². The molecule has 6 nitrogen and oxygen atoms in total. The number of carbonyl (C=O) groups is 1. The zero-order valence-electron chi connectivity index (χ0n) is 15.3. The molecule has 0 aromatic heterocycles. The maximum Gasteiger partial charge on any atom is 0.337 e. The van der Waals surface area contributed by atoms with Crippen molar-refractivity contribution in [1.29, 1.82) is 0 Å². The lowest BCUT2D eigenvalue weighted by Crippen LogP contribution is -2.54. The van der Waals surface area contributed by atoms with Crippen molar-refractivity contribution in [3.63, 3.8) is 0 Å². The monoisotopic (exact) mass is 347 g/mol. The van der Waals surface area contributed by atoms with Crippen molar-refractivity contribution in [3.8, 4) is 0 Å². The van der Waals surface area contributed by atoms with Crippen LogP contribution in [0.5, 0.6) is 0 Å². The molecule has 0 spiro atoms. The van der Waals surface area contributed by atoms with Gasteiger partial charge < -0.3 is 14.4 Å². The number of methoxy groups -OCH3 is 1. The molecule has 2 saturated heterocycles. The van der Waals surface area contributed by atoms with E-state index in [9.17, 15) is 4.79 Å². The summed E-state index contributed by atoms with van der Waals surface area (Å²) in [7, 11) is 1.41. The Morgan fingerprint density at radius 2 is 1.84 bits per heavy atom. The molecule has 2 fully saturated rings. The molecular weight excluding hydrogens is 318 g/mol. The van der Waals surface area contributed by atoms with Crippen molar-refractivity contribution in [2.75, 3.05) is 71.0 Å². The number of hydrogen-bond donors (Lipinski definition) is 0. The van der Waals surface area contributed by atoms with Gasteiger partial charge in [-0.2, -0.15) is 0 Å². The van der Waals surface area contributed by atoms with Crippen LogP contribution in [0.15, 0.2) is 24.3 Å². The molecule has 0 aliphatic carbocycles. The van der Waals surface area contributed by atoms with Crippen LogP contribution in [-0.4, -0.2) is 87.9 Å². The second kappa shape index (κ2) is 8.65. The molecule has 0 saturated carbocycles. The first kappa shape index (κ1) is 18.2. The first-order chi connectivity index (χ1) is 12.2. The molecule has 6 heteroatoms. The van der Waals surface area contributed by atoms with Crippen molar-refractivity contribution in [2.45, 2.75) is 13.0 Å². The molecule has 0 unspecified atom stereocenters. The third kappa shape index (κ3) is 4.71. The minimum atomic E-state index is -0.284. The summed E-state index contributed by atoms with van der Waals surface area (Å²) in [5, 5.41) is 0. The Kier molecular flexibility index (Phi) is 6.29. The van der Waals surface area contributed by atoms with Crippen molar-refractivity contribution >= 4 is 11.7 Å². The van der Waals surface area contributed by atoms with Crippen LogP contribution in [0.25, 0.3) is 0 Å². The van der Waals surface area contributed by atoms with Gasteiger partial charge in [-0.1, -0.05) is 0 Å². The van der Waals surface area contributed by atoms with Crippen molar-refractivity contribution < 1.29 is 14.3 Å². The lowest BCUT2D eigenvalue weighted by Gasteiger charge is -2.42. The number of esters is 1. The number of benzene rings is 1. The van der Waals surface area contributed by atoms with Gasteiger partial charge >= 0.3 is 5.97 Å². The lowest BCUT2D eigenvalue weighted by molar-refractivity contribution is 0.0306. The van der Waals surface area contributed by atoms with Crippen molar-refractivity contribution in [3.05, 3.63) is 29.8 Å². The molecule has 1 aromatic carbocycles. The number of ether oxygens (including phenoxy) is 2. The third-order valence-corrected chi connectivity index (χ3v) is 5.23. The minimum Gasteiger partial charge on any atom is -0.465 e. The number of morpholine rings is 1. The van der Waals surface area contributed by atoms with Crippen LogP contribution in [0, 0.1) is 0 Å². The van der Waals surface area contributed by atoms with Crippen LogP contribution in [0.2, 0.25) is 0 Å². The fourth-order valence-corrected chi connectivity index (χ4v) is 3.58. The lowest BCUT2D eigenvalue weighted by atomic mass is 10.1. The zero-order chi connectivity index (χ0) is 17.6. The Labute approximate surface area is 150 Å². The molecule has 138 valence electrons. The smallest absolute Gasteiger partial charge is 0.337 e. The highest BCUT2D eigenvalue weighted by molar-refractivity contribution is 5.89. The Hall–Kier alpha value is -1.63. The van der Waals surface area contributed by atoms with Gasteiger partial charge in [0.2, 0.25) is 0 Å². The van der Waals surface area contributed by atoms with Crippen LogP contribution < -0.4 is 4.90 Å². The van der Waals surface area contributed by atoms with Gasteiger partial charge in [-0.3, -0.25) is 9.80 Å². The molecule has 0 N–H and O–H groups in total. The van der Waals surface area contributed by atoms with E-state index >= 15 is 0 Å². The first-order valence-corrected chi connectivity index (χ1v) is 9.15. The van der Waals surface area contributed by atoms with E-state index in [1.54, 1.807) is 0 Å². The fraction of sp³-hybridized carbons (Fsp3) is 0.632. The summed E-state index contributed by atoms with van der Waals surface area (Å²) in [5.41, 5.74) is 1.77. The maximum atomic E-state index is 11.5. The van der Waals surface area contributed by atoms with E-state index in [2.05, 4.69) is 21.6 Å². The van der Waals surface area contributed by atoms with Crippen LogP contribution in [0.3, 0.4) is 0 Å². The van der Waals surface area contributed by atoms with E-state index in [-0.39, 0.29) is 5.97 Å². The molecule has 1 atom stereocenters. The average molecular weight is 347 g/mol.